The number of nitrogens with one attached hydrogen (secondary N) is 2. The largest absolute Gasteiger partial charge is 0.497 e. The summed E-state index contributed by atoms with van der Waals surface area (Å²) in [5.74, 6) is 2.72. The number of hydrogen-bond donors (Lipinski definition) is 2. The van der Waals surface area contributed by atoms with Crippen LogP contribution in [-0.4, -0.2) is 20.3 Å². The van der Waals surface area contributed by atoms with Crippen molar-refractivity contribution in [3.8, 4) is 11.5 Å². The second kappa shape index (κ2) is 6.69. The summed E-state index contributed by atoms with van der Waals surface area (Å²) in [6, 6.07) is 8.48. The normalized spacial score (nSPS) is 10.0. The van der Waals surface area contributed by atoms with Crippen molar-refractivity contribution in [2.75, 3.05) is 19.5 Å². The van der Waals surface area contributed by atoms with Gasteiger partial charge >= 0.3 is 6.03 Å². The molecule has 1 aromatic heterocycles. The topological polar surface area (TPSA) is 72.7 Å². The highest BCUT2D eigenvalue weighted by atomic mass is 16.5. The highest BCUT2D eigenvalue weighted by molar-refractivity contribution is 5.89. The van der Waals surface area contributed by atoms with Gasteiger partial charge in [-0.05, 0) is 19.1 Å². The van der Waals surface area contributed by atoms with Crippen LogP contribution in [-0.2, 0) is 6.54 Å². The molecule has 2 amide bonds. The van der Waals surface area contributed by atoms with Crippen LogP contribution in [0.3, 0.4) is 0 Å². The van der Waals surface area contributed by atoms with Gasteiger partial charge in [-0.3, -0.25) is 0 Å². The van der Waals surface area contributed by atoms with Gasteiger partial charge in [0.1, 0.15) is 23.0 Å². The number of aryl methyl sites for hydroxylation is 1. The minimum atomic E-state index is -0.334. The molecule has 2 rings (SSSR count). The lowest BCUT2D eigenvalue weighted by Crippen LogP contribution is -2.28. The van der Waals surface area contributed by atoms with Crippen LogP contribution < -0.4 is 20.1 Å². The first-order chi connectivity index (χ1) is 10.1. The number of anilines is 1. The molecule has 0 radical (unpaired) electrons. The van der Waals surface area contributed by atoms with Gasteiger partial charge in [-0.15, -0.1) is 0 Å². The molecule has 0 saturated heterocycles. The summed E-state index contributed by atoms with van der Waals surface area (Å²) in [6.07, 6.45) is 0. The molecule has 0 spiro atoms. The smallest absolute Gasteiger partial charge is 0.319 e. The highest BCUT2D eigenvalue weighted by Crippen LogP contribution is 2.25. The number of carbonyl (C=O) groups is 1. The molecule has 2 aromatic rings. The zero-order valence-corrected chi connectivity index (χ0v) is 12.2. The molecular formula is C15H18N2O4. The molecule has 0 aliphatic heterocycles. The lowest BCUT2D eigenvalue weighted by atomic mass is 10.3. The minimum absolute atomic E-state index is 0.320. The number of benzene rings is 1. The number of methoxy groups -OCH3 is 2. The first-order valence-corrected chi connectivity index (χ1v) is 6.44. The van der Waals surface area contributed by atoms with Crippen molar-refractivity contribution in [2.24, 2.45) is 0 Å². The summed E-state index contributed by atoms with van der Waals surface area (Å²) < 4.78 is 15.7. The van der Waals surface area contributed by atoms with Crippen molar-refractivity contribution in [1.82, 2.24) is 5.32 Å². The molecule has 112 valence electrons. The monoisotopic (exact) mass is 290 g/mol. The summed E-state index contributed by atoms with van der Waals surface area (Å²) >= 11 is 0. The number of furan rings is 1. The fourth-order valence-corrected chi connectivity index (χ4v) is 1.80. The van der Waals surface area contributed by atoms with Crippen LogP contribution in [0.2, 0.25) is 0 Å². The summed E-state index contributed by atoms with van der Waals surface area (Å²) in [5.41, 5.74) is 0.583. The third-order valence-electron chi connectivity index (χ3n) is 2.83. The van der Waals surface area contributed by atoms with Crippen LogP contribution in [0.4, 0.5) is 10.5 Å². The summed E-state index contributed by atoms with van der Waals surface area (Å²) in [7, 11) is 3.11. The Labute approximate surface area is 123 Å². The summed E-state index contributed by atoms with van der Waals surface area (Å²) in [5, 5.41) is 5.43. The van der Waals surface area contributed by atoms with E-state index in [2.05, 4.69) is 10.6 Å². The maximum Gasteiger partial charge on any atom is 0.319 e. The van der Waals surface area contributed by atoms with E-state index in [0.29, 0.717) is 29.5 Å². The number of urea groups is 1. The standard InChI is InChI=1S/C15H18N2O4/c1-10-4-5-12(21-10)9-16-15(18)17-11-6-13(19-2)8-14(7-11)20-3/h4-8H,9H2,1-3H3,(H2,16,17,18). The van der Waals surface area contributed by atoms with Gasteiger partial charge in [0.05, 0.1) is 20.8 Å². The van der Waals surface area contributed by atoms with Crippen molar-refractivity contribution in [3.05, 3.63) is 41.9 Å². The highest BCUT2D eigenvalue weighted by Gasteiger charge is 2.07. The molecule has 0 aliphatic carbocycles. The molecule has 6 nitrogen and oxygen atoms in total. The molecule has 0 aliphatic rings. The van der Waals surface area contributed by atoms with E-state index in [0.717, 1.165) is 5.76 Å². The maximum atomic E-state index is 11.8. The van der Waals surface area contributed by atoms with Crippen molar-refractivity contribution < 1.29 is 18.7 Å². The molecule has 6 heteroatoms. The molecule has 1 aromatic carbocycles. The van der Waals surface area contributed by atoms with Gasteiger partial charge in [-0.25, -0.2) is 4.79 Å². The molecule has 0 unspecified atom stereocenters. The Morgan fingerprint density at radius 3 is 2.33 bits per heavy atom. The van der Waals surface area contributed by atoms with E-state index in [1.54, 1.807) is 32.4 Å². The fraction of sp³-hybridized carbons (Fsp3) is 0.267. The van der Waals surface area contributed by atoms with E-state index in [1.807, 2.05) is 19.1 Å². The van der Waals surface area contributed by atoms with Crippen molar-refractivity contribution in [2.45, 2.75) is 13.5 Å². The quantitative estimate of drug-likeness (QED) is 0.888. The lowest BCUT2D eigenvalue weighted by Gasteiger charge is -2.10. The third kappa shape index (κ3) is 4.17. The Kier molecular flexibility index (Phi) is 4.71. The Morgan fingerprint density at radius 2 is 1.81 bits per heavy atom. The van der Waals surface area contributed by atoms with E-state index in [-0.39, 0.29) is 6.03 Å². The molecule has 0 fully saturated rings. The van der Waals surface area contributed by atoms with E-state index in [4.69, 9.17) is 13.9 Å². The zero-order valence-electron chi connectivity index (χ0n) is 12.2. The zero-order chi connectivity index (χ0) is 15.2. The molecule has 21 heavy (non-hydrogen) atoms. The van der Waals surface area contributed by atoms with Crippen molar-refractivity contribution in [3.63, 3.8) is 0 Å². The van der Waals surface area contributed by atoms with Gasteiger partial charge in [0.15, 0.2) is 0 Å². The van der Waals surface area contributed by atoms with Crippen molar-refractivity contribution >= 4 is 11.7 Å². The van der Waals surface area contributed by atoms with Crippen LogP contribution in [0.15, 0.2) is 34.7 Å². The number of carbonyl (C=O) groups excluding carboxylic acids is 1. The maximum absolute atomic E-state index is 11.8. The predicted octanol–water partition coefficient (Wildman–Crippen LogP) is 2.93. The third-order valence-corrected chi connectivity index (χ3v) is 2.83. The van der Waals surface area contributed by atoms with Crippen LogP contribution in [0.5, 0.6) is 11.5 Å². The Hall–Kier alpha value is -2.63. The van der Waals surface area contributed by atoms with Crippen LogP contribution in [0, 0.1) is 6.92 Å². The van der Waals surface area contributed by atoms with E-state index >= 15 is 0 Å². The molecule has 0 bridgehead atoms. The van der Waals surface area contributed by atoms with Crippen LogP contribution in [0.1, 0.15) is 11.5 Å². The number of ether oxygens (including phenoxy) is 2. The molecule has 0 saturated carbocycles. The van der Waals surface area contributed by atoms with E-state index in [9.17, 15) is 4.79 Å². The minimum Gasteiger partial charge on any atom is -0.497 e. The van der Waals surface area contributed by atoms with Gasteiger partial charge < -0.3 is 24.5 Å². The average molecular weight is 290 g/mol. The Bertz CT molecular complexity index is 600. The van der Waals surface area contributed by atoms with Crippen LogP contribution >= 0.6 is 0 Å². The fourth-order valence-electron chi connectivity index (χ4n) is 1.80. The SMILES string of the molecule is COc1cc(NC(=O)NCc2ccc(C)o2)cc(OC)c1. The Morgan fingerprint density at radius 1 is 1.14 bits per heavy atom. The van der Waals surface area contributed by atoms with Crippen LogP contribution in [0.25, 0.3) is 0 Å². The van der Waals surface area contributed by atoms with Gasteiger partial charge in [-0.2, -0.15) is 0 Å². The second-order valence-electron chi connectivity index (χ2n) is 4.42. The van der Waals surface area contributed by atoms with Gasteiger partial charge in [0, 0.05) is 23.9 Å². The average Bonchev–Trinajstić information content (AvgIpc) is 2.90. The van der Waals surface area contributed by atoms with Gasteiger partial charge in [0.2, 0.25) is 0 Å². The molecule has 2 N–H and O–H groups in total. The van der Waals surface area contributed by atoms with Gasteiger partial charge in [-0.1, -0.05) is 0 Å². The summed E-state index contributed by atoms with van der Waals surface area (Å²) in [4.78, 5) is 11.8. The van der Waals surface area contributed by atoms with Gasteiger partial charge in [0.25, 0.3) is 0 Å². The number of rotatable bonds is 5. The molecule has 0 atom stereocenters. The van der Waals surface area contributed by atoms with Crippen molar-refractivity contribution in [1.29, 1.82) is 0 Å². The number of hydrogen-bond acceptors (Lipinski definition) is 4. The summed E-state index contributed by atoms with van der Waals surface area (Å²) in [6.45, 7) is 2.17. The lowest BCUT2D eigenvalue weighted by molar-refractivity contribution is 0.250. The Balaban J connectivity index is 1.95. The predicted molar refractivity (Wildman–Crippen MR) is 78.8 cm³/mol. The van der Waals surface area contributed by atoms with E-state index in [1.165, 1.54) is 0 Å². The molecular weight excluding hydrogens is 272 g/mol. The first kappa shape index (κ1) is 14.8. The first-order valence-electron chi connectivity index (χ1n) is 6.44. The second-order valence-corrected chi connectivity index (χ2v) is 4.42. The molecule has 1 heterocycles. The van der Waals surface area contributed by atoms with E-state index < -0.39 is 0 Å². The number of amides is 2.